The first-order valence-electron chi connectivity index (χ1n) is 8.25. The van der Waals surface area contributed by atoms with Crippen LogP contribution in [0.3, 0.4) is 0 Å². The minimum Gasteiger partial charge on any atom is -0.495 e. The maximum atomic E-state index is 12.3. The normalized spacial score (nSPS) is 12.2. The minimum atomic E-state index is -3.16. The van der Waals surface area contributed by atoms with Crippen LogP contribution in [0.15, 0.2) is 42.5 Å². The molecule has 0 bridgehead atoms. The standard InChI is InChI=1S/C20H25ClO3S/c1-20(2,3)25(22,23)14-17-9-6-15(7-10-17)5-8-16-11-12-19(24-4)18(21)13-16/h6-7,9-13H,5,8,14H2,1-4H3. The third-order valence-corrected chi connectivity index (χ3v) is 7.11. The van der Waals surface area contributed by atoms with E-state index in [0.717, 1.165) is 24.0 Å². The van der Waals surface area contributed by atoms with E-state index in [1.807, 2.05) is 42.5 Å². The van der Waals surface area contributed by atoms with Gasteiger partial charge in [-0.15, -0.1) is 0 Å². The fourth-order valence-corrected chi connectivity index (χ4v) is 3.74. The molecule has 25 heavy (non-hydrogen) atoms. The molecular weight excluding hydrogens is 356 g/mol. The van der Waals surface area contributed by atoms with Crippen molar-refractivity contribution in [3.05, 3.63) is 64.2 Å². The van der Waals surface area contributed by atoms with E-state index in [0.29, 0.717) is 10.8 Å². The fraction of sp³-hybridized carbons (Fsp3) is 0.400. The van der Waals surface area contributed by atoms with Gasteiger partial charge in [-0.3, -0.25) is 0 Å². The van der Waals surface area contributed by atoms with Gasteiger partial charge in [0.15, 0.2) is 9.84 Å². The van der Waals surface area contributed by atoms with Crippen molar-refractivity contribution in [2.75, 3.05) is 7.11 Å². The molecule has 0 saturated heterocycles. The zero-order valence-corrected chi connectivity index (χ0v) is 16.7. The van der Waals surface area contributed by atoms with Crippen LogP contribution >= 0.6 is 11.6 Å². The number of hydrogen-bond donors (Lipinski definition) is 0. The predicted octanol–water partition coefficient (Wildman–Crippen LogP) is 4.85. The summed E-state index contributed by atoms with van der Waals surface area (Å²) in [6.07, 6.45) is 1.73. The first-order valence-corrected chi connectivity index (χ1v) is 10.3. The first-order chi connectivity index (χ1) is 11.6. The van der Waals surface area contributed by atoms with E-state index in [4.69, 9.17) is 16.3 Å². The van der Waals surface area contributed by atoms with Crippen LogP contribution in [0.1, 0.15) is 37.5 Å². The van der Waals surface area contributed by atoms with Gasteiger partial charge in [0.05, 0.1) is 22.6 Å². The molecule has 3 nitrogen and oxygen atoms in total. The van der Waals surface area contributed by atoms with Gasteiger partial charge in [-0.25, -0.2) is 8.42 Å². The fourth-order valence-electron chi connectivity index (χ4n) is 2.39. The maximum Gasteiger partial charge on any atom is 0.159 e. The number of ether oxygens (including phenoxy) is 1. The molecule has 2 aromatic carbocycles. The Bertz CT molecular complexity index is 819. The molecule has 0 aromatic heterocycles. The lowest BCUT2D eigenvalue weighted by atomic mass is 10.0. The second-order valence-electron chi connectivity index (χ2n) is 7.16. The Balaban J connectivity index is 2.00. The number of halogens is 1. The predicted molar refractivity (Wildman–Crippen MR) is 104 cm³/mol. The van der Waals surface area contributed by atoms with Crippen LogP contribution in [-0.4, -0.2) is 20.3 Å². The van der Waals surface area contributed by atoms with Crippen molar-refractivity contribution in [2.45, 2.75) is 44.1 Å². The van der Waals surface area contributed by atoms with E-state index in [9.17, 15) is 8.42 Å². The van der Waals surface area contributed by atoms with E-state index in [2.05, 4.69) is 0 Å². The molecule has 0 fully saturated rings. The quantitative estimate of drug-likeness (QED) is 0.719. The van der Waals surface area contributed by atoms with Gasteiger partial charge in [-0.2, -0.15) is 0 Å². The summed E-state index contributed by atoms with van der Waals surface area (Å²) >= 11 is 6.15. The second-order valence-corrected chi connectivity index (χ2v) is 10.3. The van der Waals surface area contributed by atoms with Crippen LogP contribution in [0.25, 0.3) is 0 Å². The minimum absolute atomic E-state index is 0.0743. The Hall–Kier alpha value is -1.52. The van der Waals surface area contributed by atoms with Crippen molar-refractivity contribution in [2.24, 2.45) is 0 Å². The molecule has 0 radical (unpaired) electrons. The van der Waals surface area contributed by atoms with Gasteiger partial charge in [0.25, 0.3) is 0 Å². The summed E-state index contributed by atoms with van der Waals surface area (Å²) in [6, 6.07) is 13.6. The first kappa shape index (κ1) is 19.8. The molecule has 2 rings (SSSR count). The Morgan fingerprint density at radius 3 is 1.96 bits per heavy atom. The van der Waals surface area contributed by atoms with Gasteiger partial charge >= 0.3 is 0 Å². The van der Waals surface area contributed by atoms with Crippen LogP contribution in [0.5, 0.6) is 5.75 Å². The Morgan fingerprint density at radius 1 is 0.920 bits per heavy atom. The molecule has 136 valence electrons. The smallest absolute Gasteiger partial charge is 0.159 e. The SMILES string of the molecule is COc1ccc(CCc2ccc(CS(=O)(=O)C(C)(C)C)cc2)cc1Cl. The summed E-state index contributed by atoms with van der Waals surface area (Å²) in [4.78, 5) is 0. The van der Waals surface area contributed by atoms with Crippen LogP contribution in [0.2, 0.25) is 5.02 Å². The summed E-state index contributed by atoms with van der Waals surface area (Å²) in [5.74, 6) is 0.750. The van der Waals surface area contributed by atoms with Crippen LogP contribution in [0, 0.1) is 0 Å². The van der Waals surface area contributed by atoms with Crippen molar-refractivity contribution in [3.63, 3.8) is 0 Å². The zero-order chi connectivity index (χ0) is 18.7. The van der Waals surface area contributed by atoms with Gasteiger partial charge in [0.2, 0.25) is 0 Å². The molecule has 0 aliphatic carbocycles. The van der Waals surface area contributed by atoms with Crippen molar-refractivity contribution < 1.29 is 13.2 Å². The summed E-state index contributed by atoms with van der Waals surface area (Å²) in [5.41, 5.74) is 3.14. The molecule has 2 aromatic rings. The van der Waals surface area contributed by atoms with Gasteiger partial charge < -0.3 is 4.74 Å². The lowest BCUT2D eigenvalue weighted by Gasteiger charge is -2.19. The molecule has 0 saturated carbocycles. The van der Waals surface area contributed by atoms with Gasteiger partial charge in [-0.1, -0.05) is 41.9 Å². The number of hydrogen-bond acceptors (Lipinski definition) is 3. The monoisotopic (exact) mass is 380 g/mol. The Morgan fingerprint density at radius 2 is 1.44 bits per heavy atom. The van der Waals surface area contributed by atoms with Crippen molar-refractivity contribution in [1.82, 2.24) is 0 Å². The van der Waals surface area contributed by atoms with Crippen molar-refractivity contribution in [3.8, 4) is 5.75 Å². The average Bonchev–Trinajstić information content (AvgIpc) is 2.53. The third kappa shape index (κ3) is 5.23. The van der Waals surface area contributed by atoms with E-state index < -0.39 is 14.6 Å². The topological polar surface area (TPSA) is 43.4 Å². The van der Waals surface area contributed by atoms with Gasteiger partial charge in [0.1, 0.15) is 5.75 Å². The second kappa shape index (κ2) is 7.79. The molecule has 0 amide bonds. The highest BCUT2D eigenvalue weighted by molar-refractivity contribution is 7.91. The number of sulfone groups is 1. The number of aryl methyl sites for hydroxylation is 2. The molecule has 0 atom stereocenters. The highest BCUT2D eigenvalue weighted by atomic mass is 35.5. The molecule has 0 aliphatic rings. The number of rotatable bonds is 6. The molecule has 5 heteroatoms. The van der Waals surface area contributed by atoms with Gasteiger partial charge in [0, 0.05) is 0 Å². The zero-order valence-electron chi connectivity index (χ0n) is 15.2. The van der Waals surface area contributed by atoms with E-state index in [-0.39, 0.29) is 5.75 Å². The largest absolute Gasteiger partial charge is 0.495 e. The van der Waals surface area contributed by atoms with Gasteiger partial charge in [-0.05, 0) is 62.4 Å². The summed E-state index contributed by atoms with van der Waals surface area (Å²) in [7, 11) is -1.56. The van der Waals surface area contributed by atoms with Crippen molar-refractivity contribution in [1.29, 1.82) is 0 Å². The van der Waals surface area contributed by atoms with Crippen molar-refractivity contribution >= 4 is 21.4 Å². The molecule has 0 spiro atoms. The lowest BCUT2D eigenvalue weighted by molar-refractivity contribution is 0.415. The Labute approximate surface area is 155 Å². The maximum absolute atomic E-state index is 12.3. The summed E-state index contributed by atoms with van der Waals surface area (Å²) < 4.78 is 29.0. The van der Waals surface area contributed by atoms with Crippen LogP contribution in [0.4, 0.5) is 0 Å². The molecule has 0 N–H and O–H groups in total. The highest BCUT2D eigenvalue weighted by Crippen LogP contribution is 2.26. The third-order valence-electron chi connectivity index (χ3n) is 4.23. The molecule has 0 heterocycles. The molecule has 0 aliphatic heterocycles. The molecular formula is C20H25ClO3S. The summed E-state index contributed by atoms with van der Waals surface area (Å²) in [6.45, 7) is 5.20. The Kier molecular flexibility index (Phi) is 6.17. The van der Waals surface area contributed by atoms with E-state index in [1.54, 1.807) is 27.9 Å². The van der Waals surface area contributed by atoms with Crippen LogP contribution < -0.4 is 4.74 Å². The van der Waals surface area contributed by atoms with E-state index in [1.165, 1.54) is 5.56 Å². The lowest BCUT2D eigenvalue weighted by Crippen LogP contribution is -2.29. The summed E-state index contributed by atoms with van der Waals surface area (Å²) in [5, 5.41) is 0.614. The highest BCUT2D eigenvalue weighted by Gasteiger charge is 2.28. The average molecular weight is 381 g/mol. The molecule has 0 unspecified atom stereocenters. The number of benzene rings is 2. The number of methoxy groups -OCH3 is 1. The van der Waals surface area contributed by atoms with E-state index >= 15 is 0 Å². The van der Waals surface area contributed by atoms with Crippen LogP contribution in [-0.2, 0) is 28.4 Å².